The van der Waals surface area contributed by atoms with Crippen molar-refractivity contribution in [3.05, 3.63) is 29.8 Å². The molecular weight excluding hydrogens is 162 g/mol. The first-order valence-corrected chi connectivity index (χ1v) is 4.80. The molecule has 0 aliphatic carbocycles. The molecule has 0 bridgehead atoms. The molecule has 1 saturated heterocycles. The number of nitrogen functional groups attached to an aromatic ring is 1. The molecule has 0 amide bonds. The highest BCUT2D eigenvalue weighted by molar-refractivity contribution is 5.48. The van der Waals surface area contributed by atoms with Crippen LogP contribution in [0, 0.1) is 0 Å². The van der Waals surface area contributed by atoms with Crippen molar-refractivity contribution in [1.29, 1.82) is 0 Å². The Morgan fingerprint density at radius 1 is 1.31 bits per heavy atom. The molecule has 70 valence electrons. The molecule has 1 aliphatic rings. The molecule has 1 aliphatic heterocycles. The maximum absolute atomic E-state index is 5.90. The summed E-state index contributed by atoms with van der Waals surface area (Å²) in [6.07, 6.45) is 2.35. The lowest BCUT2D eigenvalue weighted by atomic mass is 9.92. The van der Waals surface area contributed by atoms with Gasteiger partial charge in [0.15, 0.2) is 0 Å². The van der Waals surface area contributed by atoms with Gasteiger partial charge in [-0.05, 0) is 24.5 Å². The summed E-state index contributed by atoms with van der Waals surface area (Å²) in [4.78, 5) is 0. The van der Waals surface area contributed by atoms with Crippen molar-refractivity contribution in [3.63, 3.8) is 0 Å². The number of ether oxygens (including phenoxy) is 1. The van der Waals surface area contributed by atoms with Gasteiger partial charge in [-0.1, -0.05) is 18.2 Å². The highest BCUT2D eigenvalue weighted by Gasteiger charge is 2.17. The zero-order valence-corrected chi connectivity index (χ0v) is 7.70. The van der Waals surface area contributed by atoms with Crippen LogP contribution in [0.1, 0.15) is 24.3 Å². The van der Waals surface area contributed by atoms with Gasteiger partial charge < -0.3 is 10.5 Å². The average Bonchev–Trinajstić information content (AvgIpc) is 2.20. The Balaban J connectivity index is 2.18. The first kappa shape index (κ1) is 8.57. The highest BCUT2D eigenvalue weighted by Crippen LogP contribution is 2.28. The normalized spacial score (nSPS) is 22.9. The molecule has 1 heterocycles. The van der Waals surface area contributed by atoms with Crippen molar-refractivity contribution in [3.8, 4) is 0 Å². The summed E-state index contributed by atoms with van der Waals surface area (Å²) < 4.78 is 5.44. The summed E-state index contributed by atoms with van der Waals surface area (Å²) in [6.45, 7) is 1.73. The molecule has 0 saturated carbocycles. The average molecular weight is 177 g/mol. The number of hydrogen-bond donors (Lipinski definition) is 1. The Morgan fingerprint density at radius 2 is 2.15 bits per heavy atom. The fourth-order valence-electron chi connectivity index (χ4n) is 1.87. The minimum absolute atomic E-state index is 0.509. The van der Waals surface area contributed by atoms with Crippen LogP contribution in [0.2, 0.25) is 0 Å². The molecule has 13 heavy (non-hydrogen) atoms. The van der Waals surface area contributed by atoms with Crippen LogP contribution in [0.3, 0.4) is 0 Å². The van der Waals surface area contributed by atoms with E-state index in [2.05, 4.69) is 6.07 Å². The van der Waals surface area contributed by atoms with Gasteiger partial charge in [-0.25, -0.2) is 0 Å². The van der Waals surface area contributed by atoms with Gasteiger partial charge in [-0.2, -0.15) is 0 Å². The molecule has 0 spiro atoms. The predicted molar refractivity (Wildman–Crippen MR) is 53.6 cm³/mol. The second-order valence-electron chi connectivity index (χ2n) is 3.54. The predicted octanol–water partition coefficient (Wildman–Crippen LogP) is 2.16. The SMILES string of the molecule is Nc1ccccc1C1CCCOC1. The van der Waals surface area contributed by atoms with E-state index in [0.717, 1.165) is 25.3 Å². The van der Waals surface area contributed by atoms with Crippen LogP contribution >= 0.6 is 0 Å². The summed E-state index contributed by atoms with van der Waals surface area (Å²) in [5, 5.41) is 0. The van der Waals surface area contributed by atoms with E-state index in [1.165, 1.54) is 12.0 Å². The second kappa shape index (κ2) is 3.79. The second-order valence-corrected chi connectivity index (χ2v) is 3.54. The van der Waals surface area contributed by atoms with E-state index in [1.54, 1.807) is 0 Å². The first-order valence-electron chi connectivity index (χ1n) is 4.80. The minimum atomic E-state index is 0.509. The Hall–Kier alpha value is -1.02. The Bertz CT molecular complexity index is 279. The van der Waals surface area contributed by atoms with E-state index in [4.69, 9.17) is 10.5 Å². The van der Waals surface area contributed by atoms with Crippen molar-refractivity contribution in [1.82, 2.24) is 0 Å². The first-order chi connectivity index (χ1) is 6.38. The third kappa shape index (κ3) is 1.83. The Kier molecular flexibility index (Phi) is 2.50. The van der Waals surface area contributed by atoms with Gasteiger partial charge in [0.05, 0.1) is 6.61 Å². The van der Waals surface area contributed by atoms with Gasteiger partial charge in [-0.15, -0.1) is 0 Å². The summed E-state index contributed by atoms with van der Waals surface area (Å²) in [5.41, 5.74) is 8.05. The number of hydrogen-bond acceptors (Lipinski definition) is 2. The number of para-hydroxylation sites is 1. The standard InChI is InChI=1S/C11H15NO/c12-11-6-2-1-5-10(11)9-4-3-7-13-8-9/h1-2,5-6,9H,3-4,7-8,12H2. The third-order valence-corrected chi connectivity index (χ3v) is 2.60. The van der Waals surface area contributed by atoms with Crippen molar-refractivity contribution >= 4 is 5.69 Å². The topological polar surface area (TPSA) is 35.2 Å². The van der Waals surface area contributed by atoms with Crippen LogP contribution in [-0.4, -0.2) is 13.2 Å². The van der Waals surface area contributed by atoms with E-state index in [-0.39, 0.29) is 0 Å². The number of benzene rings is 1. The molecule has 2 nitrogen and oxygen atoms in total. The minimum Gasteiger partial charge on any atom is -0.398 e. The lowest BCUT2D eigenvalue weighted by Crippen LogP contribution is -2.16. The smallest absolute Gasteiger partial charge is 0.0535 e. The molecular formula is C11H15NO. The van der Waals surface area contributed by atoms with E-state index in [0.29, 0.717) is 5.92 Å². The van der Waals surface area contributed by atoms with Gasteiger partial charge in [0, 0.05) is 18.2 Å². The fourth-order valence-corrected chi connectivity index (χ4v) is 1.87. The molecule has 0 aromatic heterocycles. The van der Waals surface area contributed by atoms with Crippen LogP contribution < -0.4 is 5.73 Å². The van der Waals surface area contributed by atoms with E-state index < -0.39 is 0 Å². The van der Waals surface area contributed by atoms with Crippen molar-refractivity contribution in [2.75, 3.05) is 18.9 Å². The van der Waals surface area contributed by atoms with Crippen LogP contribution in [0.4, 0.5) is 5.69 Å². The molecule has 0 radical (unpaired) electrons. The largest absolute Gasteiger partial charge is 0.398 e. The molecule has 1 aromatic rings. The molecule has 1 aromatic carbocycles. The van der Waals surface area contributed by atoms with E-state index in [9.17, 15) is 0 Å². The molecule has 2 N–H and O–H groups in total. The number of anilines is 1. The van der Waals surface area contributed by atoms with Crippen LogP contribution in [0.15, 0.2) is 24.3 Å². The summed E-state index contributed by atoms with van der Waals surface area (Å²) in [5.74, 6) is 0.509. The lowest BCUT2D eigenvalue weighted by molar-refractivity contribution is 0.0806. The maximum Gasteiger partial charge on any atom is 0.0535 e. The Morgan fingerprint density at radius 3 is 2.85 bits per heavy atom. The van der Waals surface area contributed by atoms with Gasteiger partial charge >= 0.3 is 0 Å². The van der Waals surface area contributed by atoms with Crippen LogP contribution in [-0.2, 0) is 4.74 Å². The summed E-state index contributed by atoms with van der Waals surface area (Å²) in [6, 6.07) is 8.08. The van der Waals surface area contributed by atoms with E-state index in [1.807, 2.05) is 18.2 Å². The van der Waals surface area contributed by atoms with Gasteiger partial charge in [0.1, 0.15) is 0 Å². The third-order valence-electron chi connectivity index (χ3n) is 2.60. The number of rotatable bonds is 1. The maximum atomic E-state index is 5.90. The monoisotopic (exact) mass is 177 g/mol. The van der Waals surface area contributed by atoms with E-state index >= 15 is 0 Å². The quantitative estimate of drug-likeness (QED) is 0.667. The fraction of sp³-hybridized carbons (Fsp3) is 0.455. The van der Waals surface area contributed by atoms with Gasteiger partial charge in [-0.3, -0.25) is 0 Å². The molecule has 2 heteroatoms. The summed E-state index contributed by atoms with van der Waals surface area (Å²) >= 11 is 0. The van der Waals surface area contributed by atoms with Crippen LogP contribution in [0.25, 0.3) is 0 Å². The zero-order chi connectivity index (χ0) is 9.10. The molecule has 1 atom stereocenters. The molecule has 2 rings (SSSR count). The van der Waals surface area contributed by atoms with Crippen molar-refractivity contribution < 1.29 is 4.74 Å². The van der Waals surface area contributed by atoms with Gasteiger partial charge in [0.25, 0.3) is 0 Å². The highest BCUT2D eigenvalue weighted by atomic mass is 16.5. The molecule has 1 unspecified atom stereocenters. The lowest BCUT2D eigenvalue weighted by Gasteiger charge is -2.23. The number of nitrogens with two attached hydrogens (primary N) is 1. The van der Waals surface area contributed by atoms with Crippen LogP contribution in [0.5, 0.6) is 0 Å². The van der Waals surface area contributed by atoms with Gasteiger partial charge in [0.2, 0.25) is 0 Å². The van der Waals surface area contributed by atoms with Crippen molar-refractivity contribution in [2.24, 2.45) is 0 Å². The summed E-state index contributed by atoms with van der Waals surface area (Å²) in [7, 11) is 0. The molecule has 1 fully saturated rings. The zero-order valence-electron chi connectivity index (χ0n) is 7.70. The van der Waals surface area contributed by atoms with Crippen molar-refractivity contribution in [2.45, 2.75) is 18.8 Å². The Labute approximate surface area is 78.7 Å².